The number of anilines is 1. The maximum absolute atomic E-state index is 13.4. The fourth-order valence-corrected chi connectivity index (χ4v) is 3.21. The van der Waals surface area contributed by atoms with Crippen LogP contribution in [0.3, 0.4) is 0 Å². The summed E-state index contributed by atoms with van der Waals surface area (Å²) in [6.45, 7) is 5.76. The number of carbonyl (C=O) groups is 1. The number of nitrogens with zero attached hydrogens (tertiary/aromatic N) is 2. The molecule has 0 aliphatic carbocycles. The van der Waals surface area contributed by atoms with E-state index in [0.29, 0.717) is 18.5 Å². The average molecular weight is 381 g/mol. The van der Waals surface area contributed by atoms with Crippen molar-refractivity contribution in [3.63, 3.8) is 0 Å². The first-order chi connectivity index (χ1) is 13.4. The fraction of sp³-hybridized carbons (Fsp3) is 0.273. The largest absolute Gasteiger partial charge is 0.497 e. The molecule has 3 aromatic rings. The number of hydrogen-bond acceptors (Lipinski definition) is 3. The average Bonchev–Trinajstić information content (AvgIpc) is 2.97. The van der Waals surface area contributed by atoms with Crippen LogP contribution < -0.4 is 10.1 Å². The topological polar surface area (TPSA) is 56.2 Å². The van der Waals surface area contributed by atoms with Crippen molar-refractivity contribution in [1.82, 2.24) is 9.78 Å². The van der Waals surface area contributed by atoms with Crippen molar-refractivity contribution in [2.75, 3.05) is 12.4 Å². The van der Waals surface area contributed by atoms with E-state index in [1.165, 1.54) is 12.1 Å². The van der Waals surface area contributed by atoms with Gasteiger partial charge in [0.25, 0.3) is 0 Å². The third kappa shape index (κ3) is 4.22. The number of aromatic nitrogens is 2. The molecular formula is C22H24FN3O2. The summed E-state index contributed by atoms with van der Waals surface area (Å²) in [4.78, 5) is 12.4. The predicted molar refractivity (Wildman–Crippen MR) is 108 cm³/mol. The molecule has 146 valence electrons. The van der Waals surface area contributed by atoms with E-state index in [2.05, 4.69) is 10.4 Å². The van der Waals surface area contributed by atoms with Crippen LogP contribution in [0.15, 0.2) is 42.5 Å². The summed E-state index contributed by atoms with van der Waals surface area (Å²) in [5, 5.41) is 7.41. The van der Waals surface area contributed by atoms with Crippen molar-refractivity contribution in [3.8, 4) is 11.4 Å². The molecule has 1 aromatic heterocycles. The van der Waals surface area contributed by atoms with Gasteiger partial charge in [-0.15, -0.1) is 0 Å². The first kappa shape index (κ1) is 19.6. The molecule has 0 fully saturated rings. The molecule has 6 heteroatoms. The normalized spacial score (nSPS) is 10.8. The van der Waals surface area contributed by atoms with Gasteiger partial charge in [-0.3, -0.25) is 4.79 Å². The van der Waals surface area contributed by atoms with Gasteiger partial charge in [-0.1, -0.05) is 12.1 Å². The SMILES string of the molecule is COc1cccc(-n2nc(C)c(CCC(=O)Nc3cc(F)ccc3C)c2C)c1. The van der Waals surface area contributed by atoms with E-state index in [1.807, 2.05) is 49.7 Å². The highest BCUT2D eigenvalue weighted by atomic mass is 19.1. The van der Waals surface area contributed by atoms with E-state index in [4.69, 9.17) is 4.74 Å². The first-order valence-electron chi connectivity index (χ1n) is 9.14. The van der Waals surface area contributed by atoms with E-state index >= 15 is 0 Å². The van der Waals surface area contributed by atoms with Gasteiger partial charge in [0.1, 0.15) is 11.6 Å². The summed E-state index contributed by atoms with van der Waals surface area (Å²) in [6.07, 6.45) is 0.850. The van der Waals surface area contributed by atoms with Crippen LogP contribution >= 0.6 is 0 Å². The van der Waals surface area contributed by atoms with Crippen molar-refractivity contribution in [2.45, 2.75) is 33.6 Å². The highest BCUT2D eigenvalue weighted by molar-refractivity contribution is 5.91. The molecule has 3 rings (SSSR count). The highest BCUT2D eigenvalue weighted by Crippen LogP contribution is 2.23. The monoisotopic (exact) mass is 381 g/mol. The lowest BCUT2D eigenvalue weighted by Crippen LogP contribution is -2.13. The maximum atomic E-state index is 13.4. The predicted octanol–water partition coefficient (Wildman–Crippen LogP) is 4.52. The van der Waals surface area contributed by atoms with E-state index in [1.54, 1.807) is 13.2 Å². The van der Waals surface area contributed by atoms with E-state index in [-0.39, 0.29) is 11.7 Å². The van der Waals surface area contributed by atoms with Crippen molar-refractivity contribution in [1.29, 1.82) is 0 Å². The van der Waals surface area contributed by atoms with Gasteiger partial charge >= 0.3 is 0 Å². The minimum Gasteiger partial charge on any atom is -0.497 e. The molecule has 0 spiro atoms. The zero-order chi connectivity index (χ0) is 20.3. The number of rotatable bonds is 6. The second-order valence-corrected chi connectivity index (χ2v) is 6.77. The number of carbonyl (C=O) groups excluding carboxylic acids is 1. The molecule has 0 unspecified atom stereocenters. The molecule has 1 heterocycles. The molecule has 0 saturated carbocycles. The first-order valence-corrected chi connectivity index (χ1v) is 9.14. The lowest BCUT2D eigenvalue weighted by atomic mass is 10.1. The molecule has 0 aliphatic heterocycles. The van der Waals surface area contributed by atoms with E-state index in [0.717, 1.165) is 34.0 Å². The van der Waals surface area contributed by atoms with Gasteiger partial charge in [-0.2, -0.15) is 5.10 Å². The van der Waals surface area contributed by atoms with Gasteiger partial charge in [0.05, 0.1) is 18.5 Å². The number of hydrogen-bond donors (Lipinski definition) is 1. The van der Waals surface area contributed by atoms with Crippen molar-refractivity contribution >= 4 is 11.6 Å². The molecule has 2 aromatic carbocycles. The number of amides is 1. The molecular weight excluding hydrogens is 357 g/mol. The molecule has 0 saturated heterocycles. The smallest absolute Gasteiger partial charge is 0.224 e. The minimum atomic E-state index is -0.368. The maximum Gasteiger partial charge on any atom is 0.224 e. The Kier molecular flexibility index (Phi) is 5.78. The van der Waals surface area contributed by atoms with Crippen LogP contribution in [0.5, 0.6) is 5.75 Å². The fourth-order valence-electron chi connectivity index (χ4n) is 3.21. The van der Waals surface area contributed by atoms with Crippen molar-refractivity contribution in [2.24, 2.45) is 0 Å². The summed E-state index contributed by atoms with van der Waals surface area (Å²) >= 11 is 0. The number of halogens is 1. The van der Waals surface area contributed by atoms with E-state index in [9.17, 15) is 9.18 Å². The standard InChI is InChI=1S/C22H24FN3O2/c1-14-8-9-17(23)12-21(14)24-22(27)11-10-20-15(2)25-26(16(20)3)18-6-5-7-19(13-18)28-4/h5-9,12-13H,10-11H2,1-4H3,(H,24,27). The molecule has 5 nitrogen and oxygen atoms in total. The van der Waals surface area contributed by atoms with Crippen LogP contribution in [0.2, 0.25) is 0 Å². The Labute approximate surface area is 164 Å². The molecule has 28 heavy (non-hydrogen) atoms. The second kappa shape index (κ2) is 8.25. The van der Waals surface area contributed by atoms with Crippen LogP contribution in [-0.2, 0) is 11.2 Å². The molecule has 0 bridgehead atoms. The van der Waals surface area contributed by atoms with Crippen LogP contribution in [-0.4, -0.2) is 22.8 Å². The summed E-state index contributed by atoms with van der Waals surface area (Å²) in [5.74, 6) is 0.241. The number of benzene rings is 2. The van der Waals surface area contributed by atoms with Gasteiger partial charge in [0, 0.05) is 23.9 Å². The lowest BCUT2D eigenvalue weighted by Gasteiger charge is -2.09. The highest BCUT2D eigenvalue weighted by Gasteiger charge is 2.15. The van der Waals surface area contributed by atoms with Crippen LogP contribution in [0, 0.1) is 26.6 Å². The molecule has 1 amide bonds. The van der Waals surface area contributed by atoms with Gasteiger partial charge in [-0.25, -0.2) is 9.07 Å². The Morgan fingerprint density at radius 2 is 1.96 bits per heavy atom. The molecule has 1 N–H and O–H groups in total. The van der Waals surface area contributed by atoms with Crippen LogP contribution in [0.1, 0.15) is 28.9 Å². The van der Waals surface area contributed by atoms with E-state index < -0.39 is 0 Å². The Bertz CT molecular complexity index is 1010. The number of methoxy groups -OCH3 is 1. The second-order valence-electron chi connectivity index (χ2n) is 6.77. The minimum absolute atomic E-state index is 0.151. The Morgan fingerprint density at radius 3 is 2.71 bits per heavy atom. The van der Waals surface area contributed by atoms with Crippen molar-refractivity contribution in [3.05, 3.63) is 70.8 Å². The van der Waals surface area contributed by atoms with Crippen molar-refractivity contribution < 1.29 is 13.9 Å². The van der Waals surface area contributed by atoms with Gasteiger partial charge in [0.15, 0.2) is 0 Å². The summed E-state index contributed by atoms with van der Waals surface area (Å²) < 4.78 is 20.6. The third-order valence-electron chi connectivity index (χ3n) is 4.81. The third-order valence-corrected chi connectivity index (χ3v) is 4.81. The summed E-state index contributed by atoms with van der Waals surface area (Å²) in [6, 6.07) is 12.0. The number of aryl methyl sites for hydroxylation is 2. The Balaban J connectivity index is 1.73. The molecule has 0 radical (unpaired) electrons. The molecule has 0 aliphatic rings. The number of ether oxygens (including phenoxy) is 1. The van der Waals surface area contributed by atoms with Crippen LogP contribution in [0.25, 0.3) is 5.69 Å². The zero-order valence-electron chi connectivity index (χ0n) is 16.5. The Morgan fingerprint density at radius 1 is 1.18 bits per heavy atom. The molecule has 0 atom stereocenters. The van der Waals surface area contributed by atoms with Gasteiger partial charge in [-0.05, 0) is 62.6 Å². The van der Waals surface area contributed by atoms with Gasteiger partial charge in [0.2, 0.25) is 5.91 Å². The zero-order valence-corrected chi connectivity index (χ0v) is 16.5. The number of nitrogens with one attached hydrogen (secondary N) is 1. The quantitative estimate of drug-likeness (QED) is 0.683. The van der Waals surface area contributed by atoms with Gasteiger partial charge < -0.3 is 10.1 Å². The lowest BCUT2D eigenvalue weighted by molar-refractivity contribution is -0.116. The summed E-state index contributed by atoms with van der Waals surface area (Å²) in [7, 11) is 1.63. The Hall–Kier alpha value is -3.15. The summed E-state index contributed by atoms with van der Waals surface area (Å²) in [5.41, 5.74) is 5.15. The van der Waals surface area contributed by atoms with Crippen LogP contribution in [0.4, 0.5) is 10.1 Å².